The van der Waals surface area contributed by atoms with E-state index in [-0.39, 0.29) is 5.41 Å². The van der Waals surface area contributed by atoms with Gasteiger partial charge in [0.1, 0.15) is 0 Å². The van der Waals surface area contributed by atoms with Gasteiger partial charge in [0, 0.05) is 0 Å². The summed E-state index contributed by atoms with van der Waals surface area (Å²) in [6, 6.07) is 0. The zero-order chi connectivity index (χ0) is 16.7. The standard InChI is InChI=1S/C16H26.2C2H6/c1-9-16(7,8)15-13(5)11(3)10(2)12(4)14(15)6;2*1-2/h9H2,1-8H3;2*1-2H3. The molecule has 0 aliphatic heterocycles. The summed E-state index contributed by atoms with van der Waals surface area (Å²) in [5.74, 6) is 0. The maximum Gasteiger partial charge on any atom is -0.0101 e. The molecule has 0 radical (unpaired) electrons. The molecule has 0 unspecified atom stereocenters. The molecule has 0 spiro atoms. The summed E-state index contributed by atoms with van der Waals surface area (Å²) >= 11 is 0. The highest BCUT2D eigenvalue weighted by Crippen LogP contribution is 2.36. The summed E-state index contributed by atoms with van der Waals surface area (Å²) in [4.78, 5) is 0. The molecule has 0 aliphatic rings. The fraction of sp³-hybridized carbons (Fsp3) is 0.700. The third kappa shape index (κ3) is 4.36. The molecule has 20 heavy (non-hydrogen) atoms. The normalized spacial score (nSPS) is 10.2. The lowest BCUT2D eigenvalue weighted by atomic mass is 9.74. The van der Waals surface area contributed by atoms with Crippen LogP contribution in [0, 0.1) is 34.6 Å². The molecule has 0 amide bonds. The van der Waals surface area contributed by atoms with Crippen LogP contribution in [0.1, 0.15) is 88.3 Å². The van der Waals surface area contributed by atoms with E-state index in [4.69, 9.17) is 0 Å². The van der Waals surface area contributed by atoms with Crippen molar-refractivity contribution < 1.29 is 0 Å². The van der Waals surface area contributed by atoms with Crippen molar-refractivity contribution >= 4 is 0 Å². The van der Waals surface area contributed by atoms with Gasteiger partial charge >= 0.3 is 0 Å². The van der Waals surface area contributed by atoms with Gasteiger partial charge in [-0.25, -0.2) is 0 Å². The number of benzene rings is 1. The highest BCUT2D eigenvalue weighted by atomic mass is 14.3. The molecule has 0 atom stereocenters. The molecule has 0 saturated heterocycles. The summed E-state index contributed by atoms with van der Waals surface area (Å²) in [6.07, 6.45) is 1.19. The van der Waals surface area contributed by atoms with Gasteiger partial charge in [0.2, 0.25) is 0 Å². The van der Waals surface area contributed by atoms with Crippen molar-refractivity contribution in [3.63, 3.8) is 0 Å². The van der Waals surface area contributed by atoms with Gasteiger partial charge in [-0.3, -0.25) is 0 Å². The number of rotatable bonds is 2. The number of hydrogen-bond donors (Lipinski definition) is 0. The van der Waals surface area contributed by atoms with Crippen LogP contribution in [0.2, 0.25) is 0 Å². The lowest BCUT2D eigenvalue weighted by Crippen LogP contribution is -2.20. The van der Waals surface area contributed by atoms with E-state index in [1.54, 1.807) is 5.56 Å². The van der Waals surface area contributed by atoms with E-state index in [1.807, 2.05) is 27.7 Å². The van der Waals surface area contributed by atoms with Crippen molar-refractivity contribution in [3.8, 4) is 0 Å². The van der Waals surface area contributed by atoms with E-state index in [2.05, 4.69) is 55.4 Å². The van der Waals surface area contributed by atoms with E-state index >= 15 is 0 Å². The van der Waals surface area contributed by atoms with Crippen LogP contribution in [0.15, 0.2) is 0 Å². The lowest BCUT2D eigenvalue weighted by Gasteiger charge is -2.30. The van der Waals surface area contributed by atoms with Gasteiger partial charge < -0.3 is 0 Å². The molecule has 0 heterocycles. The molecule has 0 aliphatic carbocycles. The van der Waals surface area contributed by atoms with Gasteiger partial charge in [-0.2, -0.15) is 0 Å². The molecule has 0 saturated carbocycles. The molecule has 118 valence electrons. The Kier molecular flexibility index (Phi) is 9.91. The summed E-state index contributed by atoms with van der Waals surface area (Å²) in [7, 11) is 0. The molecule has 0 nitrogen and oxygen atoms in total. The molecule has 0 bridgehead atoms. The largest absolute Gasteiger partial charge is 0.0683 e. The van der Waals surface area contributed by atoms with Gasteiger partial charge in [-0.05, 0) is 79.8 Å². The Labute approximate surface area is 129 Å². The summed E-state index contributed by atoms with van der Waals surface area (Å²) in [5.41, 5.74) is 9.25. The van der Waals surface area contributed by atoms with Gasteiger partial charge in [0.05, 0.1) is 0 Å². The second-order valence-electron chi connectivity index (χ2n) is 5.74. The van der Waals surface area contributed by atoms with Gasteiger partial charge in [-0.15, -0.1) is 0 Å². The van der Waals surface area contributed by atoms with Crippen molar-refractivity contribution in [2.45, 2.75) is 94.9 Å². The maximum atomic E-state index is 2.36. The topological polar surface area (TPSA) is 0 Å². The van der Waals surface area contributed by atoms with Crippen LogP contribution in [-0.2, 0) is 5.41 Å². The van der Waals surface area contributed by atoms with Crippen LogP contribution in [0.25, 0.3) is 0 Å². The Hall–Kier alpha value is -0.780. The minimum atomic E-state index is 0.289. The fourth-order valence-electron chi connectivity index (χ4n) is 2.69. The first-order valence-corrected chi connectivity index (χ1v) is 8.31. The van der Waals surface area contributed by atoms with Crippen molar-refractivity contribution in [2.75, 3.05) is 0 Å². The highest BCUT2D eigenvalue weighted by Gasteiger charge is 2.25. The van der Waals surface area contributed by atoms with Crippen LogP contribution >= 0.6 is 0 Å². The van der Waals surface area contributed by atoms with Crippen LogP contribution in [-0.4, -0.2) is 0 Å². The van der Waals surface area contributed by atoms with Gasteiger partial charge in [0.25, 0.3) is 0 Å². The van der Waals surface area contributed by atoms with Crippen LogP contribution in [0.3, 0.4) is 0 Å². The molecule has 0 heteroatoms. The predicted octanol–water partition coefficient (Wildman–Crippen LogP) is 6.97. The molecule has 1 aromatic rings. The van der Waals surface area contributed by atoms with Crippen LogP contribution in [0.5, 0.6) is 0 Å². The molecule has 0 N–H and O–H groups in total. The van der Waals surface area contributed by atoms with Crippen LogP contribution < -0.4 is 0 Å². The molecule has 0 fully saturated rings. The van der Waals surface area contributed by atoms with Crippen molar-refractivity contribution in [1.82, 2.24) is 0 Å². The average molecular weight is 279 g/mol. The monoisotopic (exact) mass is 278 g/mol. The zero-order valence-electron chi connectivity index (χ0n) is 16.2. The third-order valence-electron chi connectivity index (χ3n) is 4.56. The zero-order valence-corrected chi connectivity index (χ0v) is 16.2. The van der Waals surface area contributed by atoms with E-state index in [0.717, 1.165) is 0 Å². The Bertz CT molecular complexity index is 380. The summed E-state index contributed by atoms with van der Waals surface area (Å²) in [6.45, 7) is 26.3. The van der Waals surface area contributed by atoms with Gasteiger partial charge in [-0.1, -0.05) is 48.5 Å². The third-order valence-corrected chi connectivity index (χ3v) is 4.56. The van der Waals surface area contributed by atoms with Gasteiger partial charge in [0.15, 0.2) is 0 Å². The molecular weight excluding hydrogens is 240 g/mol. The summed E-state index contributed by atoms with van der Waals surface area (Å²) < 4.78 is 0. The minimum Gasteiger partial charge on any atom is -0.0683 e. The second-order valence-corrected chi connectivity index (χ2v) is 5.74. The first-order valence-electron chi connectivity index (χ1n) is 8.31. The molecule has 1 aromatic carbocycles. The Morgan fingerprint density at radius 3 is 1.10 bits per heavy atom. The van der Waals surface area contributed by atoms with E-state index in [0.29, 0.717) is 0 Å². The SMILES string of the molecule is CC.CC.CCC(C)(C)c1c(C)c(C)c(C)c(C)c1C. The maximum absolute atomic E-state index is 2.36. The van der Waals surface area contributed by atoms with E-state index in [1.165, 1.54) is 34.2 Å². The van der Waals surface area contributed by atoms with Crippen molar-refractivity contribution in [3.05, 3.63) is 33.4 Å². The minimum absolute atomic E-state index is 0.289. The lowest BCUT2D eigenvalue weighted by molar-refractivity contribution is 0.499. The van der Waals surface area contributed by atoms with Crippen LogP contribution in [0.4, 0.5) is 0 Å². The van der Waals surface area contributed by atoms with Crippen molar-refractivity contribution in [1.29, 1.82) is 0 Å². The van der Waals surface area contributed by atoms with Crippen molar-refractivity contribution in [2.24, 2.45) is 0 Å². The highest BCUT2D eigenvalue weighted by molar-refractivity contribution is 5.52. The predicted molar refractivity (Wildman–Crippen MR) is 96.1 cm³/mol. The second kappa shape index (κ2) is 9.21. The molecule has 1 rings (SSSR count). The first kappa shape index (κ1) is 21.5. The Morgan fingerprint density at radius 2 is 0.850 bits per heavy atom. The van der Waals surface area contributed by atoms with E-state index in [9.17, 15) is 0 Å². The molecule has 0 aromatic heterocycles. The fourth-order valence-corrected chi connectivity index (χ4v) is 2.69. The van der Waals surface area contributed by atoms with E-state index < -0.39 is 0 Å². The smallest absolute Gasteiger partial charge is 0.0101 e. The Balaban J connectivity index is 0. The quantitative estimate of drug-likeness (QED) is 0.548. The number of hydrogen-bond acceptors (Lipinski definition) is 0. The first-order chi connectivity index (χ1) is 9.24. The summed E-state index contributed by atoms with van der Waals surface area (Å²) in [5, 5.41) is 0. The molecular formula is C20H38. The average Bonchev–Trinajstić information content (AvgIpc) is 2.47. The Morgan fingerprint density at radius 1 is 0.600 bits per heavy atom.